The zero-order chi connectivity index (χ0) is 17.4. The van der Waals surface area contributed by atoms with E-state index in [-0.39, 0.29) is 11.8 Å². The van der Waals surface area contributed by atoms with Gasteiger partial charge < -0.3 is 9.42 Å². The number of benzene rings is 2. The van der Waals surface area contributed by atoms with Crippen molar-refractivity contribution in [1.29, 1.82) is 0 Å². The Kier molecular flexibility index (Phi) is 4.01. The van der Waals surface area contributed by atoms with Crippen LogP contribution in [0.4, 0.5) is 5.69 Å². The number of nitrogens with zero attached hydrogens (tertiary/aromatic N) is 3. The molecule has 0 N–H and O–H groups in total. The average Bonchev–Trinajstić information content (AvgIpc) is 3.23. The fraction of sp³-hybridized carbons (Fsp3) is 0.211. The summed E-state index contributed by atoms with van der Waals surface area (Å²) in [7, 11) is 0. The molecule has 3 aromatic rings. The Morgan fingerprint density at radius 2 is 2.00 bits per heavy atom. The lowest BCUT2D eigenvalue weighted by Gasteiger charge is -2.16. The van der Waals surface area contributed by atoms with E-state index in [0.717, 1.165) is 16.8 Å². The molecule has 6 heteroatoms. The first-order valence-electron chi connectivity index (χ1n) is 8.07. The minimum atomic E-state index is -0.0783. The quantitative estimate of drug-likeness (QED) is 0.707. The maximum atomic E-state index is 12.4. The van der Waals surface area contributed by atoms with Crippen molar-refractivity contribution in [3.8, 4) is 11.5 Å². The van der Waals surface area contributed by atoms with Crippen LogP contribution in [0.25, 0.3) is 11.5 Å². The number of halogens is 1. The standard InChI is InChI=1S/C19H16ClN3O2/c1-12-5-7-16(8-6-12)23-11-14(10-17(23)24)18-21-19(25-22-18)13-3-2-4-15(20)9-13/h2-9,14H,10-11H2,1H3/t14-/m0/s1. The van der Waals surface area contributed by atoms with Crippen LogP contribution in [0, 0.1) is 6.92 Å². The zero-order valence-electron chi connectivity index (χ0n) is 13.6. The molecule has 1 fully saturated rings. The van der Waals surface area contributed by atoms with Gasteiger partial charge in [0.2, 0.25) is 5.91 Å². The van der Waals surface area contributed by atoms with E-state index in [2.05, 4.69) is 10.1 Å². The average molecular weight is 354 g/mol. The molecule has 1 aliphatic heterocycles. The molecule has 0 bridgehead atoms. The third-order valence-corrected chi connectivity index (χ3v) is 4.58. The van der Waals surface area contributed by atoms with Crippen molar-refractivity contribution in [1.82, 2.24) is 10.1 Å². The molecule has 2 aromatic carbocycles. The van der Waals surface area contributed by atoms with Gasteiger partial charge in [0.15, 0.2) is 5.82 Å². The van der Waals surface area contributed by atoms with Gasteiger partial charge in [0.1, 0.15) is 0 Å². The van der Waals surface area contributed by atoms with Gasteiger partial charge in [0, 0.05) is 35.2 Å². The predicted octanol–water partition coefficient (Wildman–Crippen LogP) is 4.22. The molecule has 0 radical (unpaired) electrons. The summed E-state index contributed by atoms with van der Waals surface area (Å²) in [4.78, 5) is 18.6. The van der Waals surface area contributed by atoms with Gasteiger partial charge >= 0.3 is 0 Å². The largest absolute Gasteiger partial charge is 0.334 e. The highest BCUT2D eigenvalue weighted by atomic mass is 35.5. The third-order valence-electron chi connectivity index (χ3n) is 4.35. The molecule has 1 atom stereocenters. The highest BCUT2D eigenvalue weighted by Crippen LogP contribution is 2.31. The number of aryl methyl sites for hydroxylation is 1. The first kappa shape index (κ1) is 15.8. The SMILES string of the molecule is Cc1ccc(N2C[C@@H](c3noc(-c4cccc(Cl)c4)n3)CC2=O)cc1. The lowest BCUT2D eigenvalue weighted by Crippen LogP contribution is -2.24. The van der Waals surface area contributed by atoms with Crippen LogP contribution in [-0.4, -0.2) is 22.6 Å². The van der Waals surface area contributed by atoms with E-state index in [1.165, 1.54) is 0 Å². The van der Waals surface area contributed by atoms with E-state index in [0.29, 0.717) is 29.7 Å². The summed E-state index contributed by atoms with van der Waals surface area (Å²) in [5.41, 5.74) is 2.83. The van der Waals surface area contributed by atoms with Crippen molar-refractivity contribution in [2.75, 3.05) is 11.4 Å². The van der Waals surface area contributed by atoms with Crippen LogP contribution in [0.3, 0.4) is 0 Å². The highest BCUT2D eigenvalue weighted by Gasteiger charge is 2.34. The highest BCUT2D eigenvalue weighted by molar-refractivity contribution is 6.30. The predicted molar refractivity (Wildman–Crippen MR) is 95.6 cm³/mol. The molecule has 1 saturated heterocycles. The van der Waals surface area contributed by atoms with Crippen molar-refractivity contribution in [3.05, 3.63) is 64.9 Å². The van der Waals surface area contributed by atoms with Crippen LogP contribution in [0.1, 0.15) is 23.7 Å². The number of carbonyl (C=O) groups excluding carboxylic acids is 1. The van der Waals surface area contributed by atoms with Gasteiger partial charge in [-0.15, -0.1) is 0 Å². The topological polar surface area (TPSA) is 59.2 Å². The van der Waals surface area contributed by atoms with E-state index >= 15 is 0 Å². The Labute approximate surface area is 150 Å². The van der Waals surface area contributed by atoms with Gasteiger partial charge in [-0.05, 0) is 37.3 Å². The van der Waals surface area contributed by atoms with Crippen molar-refractivity contribution >= 4 is 23.2 Å². The van der Waals surface area contributed by atoms with E-state index in [1.54, 1.807) is 17.0 Å². The van der Waals surface area contributed by atoms with Gasteiger partial charge in [-0.3, -0.25) is 4.79 Å². The van der Waals surface area contributed by atoms with Crippen LogP contribution in [0.15, 0.2) is 53.1 Å². The number of amides is 1. The van der Waals surface area contributed by atoms with E-state index in [1.807, 2.05) is 43.3 Å². The summed E-state index contributed by atoms with van der Waals surface area (Å²) < 4.78 is 5.36. The molecular formula is C19H16ClN3O2. The van der Waals surface area contributed by atoms with Gasteiger partial charge in [-0.1, -0.05) is 40.5 Å². The first-order chi connectivity index (χ1) is 12.1. The molecular weight excluding hydrogens is 338 g/mol. The van der Waals surface area contributed by atoms with E-state index < -0.39 is 0 Å². The zero-order valence-corrected chi connectivity index (χ0v) is 14.4. The monoisotopic (exact) mass is 353 g/mol. The Hall–Kier alpha value is -2.66. The molecule has 1 amide bonds. The molecule has 0 aliphatic carbocycles. The van der Waals surface area contributed by atoms with Crippen molar-refractivity contribution < 1.29 is 9.32 Å². The molecule has 1 aliphatic rings. The molecule has 25 heavy (non-hydrogen) atoms. The van der Waals surface area contributed by atoms with Gasteiger partial charge in [0.05, 0.1) is 0 Å². The second-order valence-corrected chi connectivity index (χ2v) is 6.65. The van der Waals surface area contributed by atoms with Crippen LogP contribution >= 0.6 is 11.6 Å². The summed E-state index contributed by atoms with van der Waals surface area (Å²) >= 11 is 6.00. The van der Waals surface area contributed by atoms with Crippen molar-refractivity contribution in [3.63, 3.8) is 0 Å². The molecule has 5 nitrogen and oxygen atoms in total. The normalized spacial score (nSPS) is 17.3. The van der Waals surface area contributed by atoms with Gasteiger partial charge in [-0.2, -0.15) is 4.98 Å². The van der Waals surface area contributed by atoms with Crippen molar-refractivity contribution in [2.24, 2.45) is 0 Å². The Bertz CT molecular complexity index is 920. The lowest BCUT2D eigenvalue weighted by atomic mass is 10.1. The molecule has 0 saturated carbocycles. The Morgan fingerprint density at radius 1 is 1.20 bits per heavy atom. The summed E-state index contributed by atoms with van der Waals surface area (Å²) in [5.74, 6) is 0.963. The van der Waals surface area contributed by atoms with Gasteiger partial charge in [-0.25, -0.2) is 0 Å². The maximum Gasteiger partial charge on any atom is 0.257 e. The Morgan fingerprint density at radius 3 is 2.76 bits per heavy atom. The van der Waals surface area contributed by atoms with Gasteiger partial charge in [0.25, 0.3) is 5.89 Å². The number of carbonyl (C=O) groups is 1. The molecule has 4 rings (SSSR count). The van der Waals surface area contributed by atoms with Crippen molar-refractivity contribution in [2.45, 2.75) is 19.3 Å². The number of aromatic nitrogens is 2. The first-order valence-corrected chi connectivity index (χ1v) is 8.44. The summed E-state index contributed by atoms with van der Waals surface area (Å²) in [6, 6.07) is 15.2. The fourth-order valence-electron chi connectivity index (χ4n) is 2.99. The molecule has 0 unspecified atom stereocenters. The second-order valence-electron chi connectivity index (χ2n) is 6.21. The third kappa shape index (κ3) is 3.15. The Balaban J connectivity index is 1.55. The summed E-state index contributed by atoms with van der Waals surface area (Å²) in [5, 5.41) is 4.68. The van der Waals surface area contributed by atoms with E-state index in [9.17, 15) is 4.79 Å². The molecule has 126 valence electrons. The summed E-state index contributed by atoms with van der Waals surface area (Å²) in [6.45, 7) is 2.57. The summed E-state index contributed by atoms with van der Waals surface area (Å²) in [6.07, 6.45) is 0.377. The molecule has 2 heterocycles. The number of hydrogen-bond donors (Lipinski definition) is 0. The van der Waals surface area contributed by atoms with Crippen LogP contribution < -0.4 is 4.90 Å². The van der Waals surface area contributed by atoms with Crippen LogP contribution in [0.2, 0.25) is 5.02 Å². The van der Waals surface area contributed by atoms with Crippen LogP contribution in [-0.2, 0) is 4.79 Å². The molecule has 1 aromatic heterocycles. The fourth-order valence-corrected chi connectivity index (χ4v) is 3.18. The minimum absolute atomic E-state index is 0.0722. The smallest absolute Gasteiger partial charge is 0.257 e. The minimum Gasteiger partial charge on any atom is -0.334 e. The van der Waals surface area contributed by atoms with Crippen LogP contribution in [0.5, 0.6) is 0 Å². The second kappa shape index (κ2) is 6.33. The number of hydrogen-bond acceptors (Lipinski definition) is 4. The number of rotatable bonds is 3. The maximum absolute atomic E-state index is 12.4. The molecule has 0 spiro atoms. The van der Waals surface area contributed by atoms with E-state index in [4.69, 9.17) is 16.1 Å². The lowest BCUT2D eigenvalue weighted by molar-refractivity contribution is -0.117. The number of anilines is 1.